The zero-order valence-corrected chi connectivity index (χ0v) is 9.14. The summed E-state index contributed by atoms with van der Waals surface area (Å²) in [5.74, 6) is 0. The molecule has 6 heteroatoms. The fourth-order valence-corrected chi connectivity index (χ4v) is 1.09. The van der Waals surface area contributed by atoms with Crippen LogP contribution in [0.3, 0.4) is 0 Å². The lowest BCUT2D eigenvalue weighted by molar-refractivity contribution is 0.0810. The summed E-state index contributed by atoms with van der Waals surface area (Å²) in [6.07, 6.45) is 2.02. The van der Waals surface area contributed by atoms with E-state index < -0.39 is 0 Å². The fourth-order valence-electron chi connectivity index (χ4n) is 0.776. The van der Waals surface area contributed by atoms with Crippen LogP contribution in [0.1, 0.15) is 5.69 Å². The van der Waals surface area contributed by atoms with Crippen LogP contribution in [0, 0.1) is 11.3 Å². The Bertz CT molecular complexity index is 293. The minimum Gasteiger partial charge on any atom is -0.358 e. The van der Waals surface area contributed by atoms with Crippen molar-refractivity contribution in [1.29, 1.82) is 5.26 Å². The molecule has 1 aromatic rings. The molecule has 0 aliphatic rings. The van der Waals surface area contributed by atoms with Crippen LogP contribution >= 0.6 is 22.6 Å². The number of ether oxygens (including phenoxy) is 1. The predicted molar refractivity (Wildman–Crippen MR) is 54.2 cm³/mol. The Morgan fingerprint density at radius 1 is 1.69 bits per heavy atom. The van der Waals surface area contributed by atoms with Gasteiger partial charge in [0.25, 0.3) is 0 Å². The number of halogens is 1. The van der Waals surface area contributed by atoms with E-state index in [1.807, 2.05) is 6.07 Å². The van der Waals surface area contributed by atoms with E-state index in [1.165, 1.54) is 0 Å². The summed E-state index contributed by atoms with van der Waals surface area (Å²) in [4.78, 5) is 0. The van der Waals surface area contributed by atoms with Crippen LogP contribution < -0.4 is 0 Å². The van der Waals surface area contributed by atoms with Gasteiger partial charge in [-0.05, 0) is 0 Å². The lowest BCUT2D eigenvalue weighted by Crippen LogP contribution is -2.04. The molecule has 0 aromatic carbocycles. The zero-order valence-electron chi connectivity index (χ0n) is 6.98. The Morgan fingerprint density at radius 3 is 3.23 bits per heavy atom. The lowest BCUT2D eigenvalue weighted by Gasteiger charge is -1.99. The molecule has 0 saturated carbocycles. The predicted octanol–water partition coefficient (Wildman–Crippen LogP) is 0.753. The van der Waals surface area contributed by atoms with Gasteiger partial charge in [-0.15, -0.1) is 5.10 Å². The highest BCUT2D eigenvalue weighted by Crippen LogP contribution is 1.94. The lowest BCUT2D eigenvalue weighted by atomic mass is 10.4. The first-order chi connectivity index (χ1) is 6.36. The number of nitriles is 1. The van der Waals surface area contributed by atoms with E-state index in [2.05, 4.69) is 32.9 Å². The molecule has 0 spiro atoms. The van der Waals surface area contributed by atoms with E-state index in [4.69, 9.17) is 10.00 Å². The number of aromatic nitrogens is 3. The topological polar surface area (TPSA) is 63.7 Å². The van der Waals surface area contributed by atoms with Crippen LogP contribution in [-0.2, 0) is 17.9 Å². The first-order valence-corrected chi connectivity index (χ1v) is 5.29. The molecule has 5 nitrogen and oxygen atoms in total. The van der Waals surface area contributed by atoms with Gasteiger partial charge in [0.1, 0.15) is 6.73 Å². The van der Waals surface area contributed by atoms with Crippen molar-refractivity contribution >= 4 is 22.6 Å². The molecule has 1 heterocycles. The van der Waals surface area contributed by atoms with Crippen molar-refractivity contribution in [2.75, 3.05) is 11.0 Å². The first-order valence-electron chi connectivity index (χ1n) is 3.76. The normalized spacial score (nSPS) is 9.85. The molecule has 0 bridgehead atoms. The van der Waals surface area contributed by atoms with Crippen molar-refractivity contribution < 1.29 is 4.74 Å². The van der Waals surface area contributed by atoms with Gasteiger partial charge in [0.05, 0.1) is 31.0 Å². The van der Waals surface area contributed by atoms with Gasteiger partial charge >= 0.3 is 0 Å². The molecule has 0 aliphatic carbocycles. The largest absolute Gasteiger partial charge is 0.358 e. The van der Waals surface area contributed by atoms with Crippen molar-refractivity contribution in [3.63, 3.8) is 0 Å². The molecule has 0 radical (unpaired) electrons. The first kappa shape index (κ1) is 10.4. The summed E-state index contributed by atoms with van der Waals surface area (Å²) in [6, 6.07) is 2.01. The summed E-state index contributed by atoms with van der Waals surface area (Å²) >= 11 is 2.24. The van der Waals surface area contributed by atoms with E-state index in [1.54, 1.807) is 10.9 Å². The van der Waals surface area contributed by atoms with E-state index in [0.29, 0.717) is 25.5 Å². The highest BCUT2D eigenvalue weighted by Gasteiger charge is 1.98. The SMILES string of the molecule is N#CCc1cn(COCCI)nn1. The zero-order chi connectivity index (χ0) is 9.52. The van der Waals surface area contributed by atoms with Crippen LogP contribution in [0.4, 0.5) is 0 Å². The number of hydrogen-bond donors (Lipinski definition) is 0. The molecule has 0 aliphatic heterocycles. The van der Waals surface area contributed by atoms with Crippen LogP contribution in [0.25, 0.3) is 0 Å². The molecular weight excluding hydrogens is 283 g/mol. The molecule has 0 N–H and O–H groups in total. The van der Waals surface area contributed by atoms with Gasteiger partial charge in [-0.2, -0.15) is 5.26 Å². The van der Waals surface area contributed by atoms with E-state index in [9.17, 15) is 0 Å². The van der Waals surface area contributed by atoms with E-state index >= 15 is 0 Å². The minimum absolute atomic E-state index is 0.298. The second-order valence-corrected chi connectivity index (χ2v) is 3.39. The Balaban J connectivity index is 2.36. The Morgan fingerprint density at radius 2 is 2.54 bits per heavy atom. The van der Waals surface area contributed by atoms with E-state index in [0.717, 1.165) is 4.43 Å². The third-order valence-corrected chi connectivity index (χ3v) is 1.73. The molecule has 0 fully saturated rings. The highest BCUT2D eigenvalue weighted by atomic mass is 127. The molecule has 0 amide bonds. The Labute approximate surface area is 89.8 Å². The average Bonchev–Trinajstić information content (AvgIpc) is 2.54. The molecule has 1 rings (SSSR count). The highest BCUT2D eigenvalue weighted by molar-refractivity contribution is 14.1. The maximum absolute atomic E-state index is 8.38. The quantitative estimate of drug-likeness (QED) is 0.456. The molecule has 1 aromatic heterocycles. The minimum atomic E-state index is 0.298. The average molecular weight is 292 g/mol. The van der Waals surface area contributed by atoms with Crippen molar-refractivity contribution in [3.05, 3.63) is 11.9 Å². The summed E-state index contributed by atoms with van der Waals surface area (Å²) in [5.41, 5.74) is 0.681. The number of alkyl halides is 1. The standard InChI is InChI=1S/C7H9IN4O/c8-2-4-13-6-12-5-7(1-3-9)10-11-12/h5H,1-2,4,6H2. The molecule has 0 atom stereocenters. The number of rotatable bonds is 5. The van der Waals surface area contributed by atoms with Gasteiger partial charge < -0.3 is 4.74 Å². The fraction of sp³-hybridized carbons (Fsp3) is 0.571. The van der Waals surface area contributed by atoms with Crippen LogP contribution in [0.5, 0.6) is 0 Å². The van der Waals surface area contributed by atoms with Crippen molar-refractivity contribution in [1.82, 2.24) is 15.0 Å². The summed E-state index contributed by atoms with van der Waals surface area (Å²) in [7, 11) is 0. The van der Waals surface area contributed by atoms with Crippen molar-refractivity contribution in [2.24, 2.45) is 0 Å². The van der Waals surface area contributed by atoms with Gasteiger partial charge in [0.2, 0.25) is 0 Å². The molecule has 13 heavy (non-hydrogen) atoms. The van der Waals surface area contributed by atoms with Crippen LogP contribution in [0.2, 0.25) is 0 Å². The second-order valence-electron chi connectivity index (χ2n) is 2.31. The third-order valence-electron chi connectivity index (χ3n) is 1.29. The molecule has 0 saturated heterocycles. The maximum atomic E-state index is 8.38. The summed E-state index contributed by atoms with van der Waals surface area (Å²) < 4.78 is 7.77. The molecule has 70 valence electrons. The third kappa shape index (κ3) is 3.69. The van der Waals surface area contributed by atoms with Gasteiger partial charge in [0.15, 0.2) is 0 Å². The van der Waals surface area contributed by atoms with Crippen molar-refractivity contribution in [3.8, 4) is 6.07 Å². The molecule has 0 unspecified atom stereocenters. The second kappa shape index (κ2) is 5.88. The van der Waals surface area contributed by atoms with Crippen LogP contribution in [-0.4, -0.2) is 26.0 Å². The Kier molecular flexibility index (Phi) is 4.70. The monoisotopic (exact) mass is 292 g/mol. The Hall–Kier alpha value is -0.680. The van der Waals surface area contributed by atoms with Crippen LogP contribution in [0.15, 0.2) is 6.20 Å². The van der Waals surface area contributed by atoms with Gasteiger partial charge in [-0.1, -0.05) is 27.8 Å². The van der Waals surface area contributed by atoms with E-state index in [-0.39, 0.29) is 0 Å². The van der Waals surface area contributed by atoms with Gasteiger partial charge in [-0.3, -0.25) is 0 Å². The smallest absolute Gasteiger partial charge is 0.141 e. The maximum Gasteiger partial charge on any atom is 0.141 e. The number of nitrogens with zero attached hydrogens (tertiary/aromatic N) is 4. The van der Waals surface area contributed by atoms with Gasteiger partial charge in [-0.25, -0.2) is 4.68 Å². The van der Waals surface area contributed by atoms with Crippen molar-refractivity contribution in [2.45, 2.75) is 13.2 Å². The van der Waals surface area contributed by atoms with Gasteiger partial charge in [0, 0.05) is 4.43 Å². The summed E-state index contributed by atoms with van der Waals surface area (Å²) in [5, 5.41) is 16.0. The number of hydrogen-bond acceptors (Lipinski definition) is 4. The summed E-state index contributed by atoms with van der Waals surface area (Å²) in [6.45, 7) is 1.11. The molecular formula is C7H9IN4O.